The van der Waals surface area contributed by atoms with Gasteiger partial charge in [-0.1, -0.05) is 17.7 Å². The van der Waals surface area contributed by atoms with Gasteiger partial charge in [0.15, 0.2) is 0 Å². The second kappa shape index (κ2) is 5.25. The summed E-state index contributed by atoms with van der Waals surface area (Å²) in [6.45, 7) is 5.91. The largest absolute Gasteiger partial charge is 0.508 e. The normalized spacial score (nSPS) is 20.3. The number of phenols is 1. The molecule has 0 amide bonds. The van der Waals surface area contributed by atoms with E-state index in [0.29, 0.717) is 18.6 Å². The fraction of sp³-hybridized carbons (Fsp3) is 0.500. The molecule has 1 aliphatic rings. The van der Waals surface area contributed by atoms with Crippen molar-refractivity contribution in [1.82, 2.24) is 0 Å². The lowest BCUT2D eigenvalue weighted by Crippen LogP contribution is -2.42. The first-order valence-corrected chi connectivity index (χ1v) is 6.73. The highest BCUT2D eigenvalue weighted by molar-refractivity contribution is 5.47. The van der Waals surface area contributed by atoms with Crippen molar-refractivity contribution in [3.8, 4) is 11.5 Å². The number of rotatable bonds is 4. The van der Waals surface area contributed by atoms with Crippen LogP contribution in [-0.2, 0) is 6.42 Å². The highest BCUT2D eigenvalue weighted by Crippen LogP contribution is 2.39. The number of benzene rings is 1. The zero-order valence-electron chi connectivity index (χ0n) is 11.8. The molecule has 1 aliphatic heterocycles. The summed E-state index contributed by atoms with van der Waals surface area (Å²) in [6, 6.07) is 5.25. The van der Waals surface area contributed by atoms with Gasteiger partial charge < -0.3 is 14.9 Å². The van der Waals surface area contributed by atoms with Crippen molar-refractivity contribution >= 4 is 0 Å². The Hall–Kier alpha value is -1.48. The Morgan fingerprint density at radius 3 is 2.84 bits per heavy atom. The molecule has 1 aromatic carbocycles. The summed E-state index contributed by atoms with van der Waals surface area (Å²) in [5.41, 5.74) is 1.16. The van der Waals surface area contributed by atoms with E-state index >= 15 is 0 Å². The summed E-state index contributed by atoms with van der Waals surface area (Å²) < 4.78 is 5.78. The molecule has 19 heavy (non-hydrogen) atoms. The van der Waals surface area contributed by atoms with Crippen LogP contribution in [-0.4, -0.2) is 21.9 Å². The van der Waals surface area contributed by atoms with Crippen LogP contribution in [0.4, 0.5) is 0 Å². The minimum atomic E-state index is -0.891. The van der Waals surface area contributed by atoms with Gasteiger partial charge in [-0.2, -0.15) is 0 Å². The van der Waals surface area contributed by atoms with Crippen molar-refractivity contribution in [3.63, 3.8) is 0 Å². The molecule has 0 fully saturated rings. The molecule has 0 spiro atoms. The lowest BCUT2D eigenvalue weighted by Gasteiger charge is -2.29. The second-order valence-electron chi connectivity index (χ2n) is 5.74. The van der Waals surface area contributed by atoms with Gasteiger partial charge in [-0.25, -0.2) is 0 Å². The molecule has 0 saturated heterocycles. The number of aliphatic hydroxyl groups is 1. The number of fused-ring (bicyclic) bond motifs is 1. The molecule has 2 rings (SSSR count). The molecule has 2 N–H and O–H groups in total. The third kappa shape index (κ3) is 3.10. The van der Waals surface area contributed by atoms with E-state index in [1.54, 1.807) is 19.1 Å². The topological polar surface area (TPSA) is 49.7 Å². The van der Waals surface area contributed by atoms with Gasteiger partial charge in [0.05, 0.1) is 5.60 Å². The van der Waals surface area contributed by atoms with E-state index in [2.05, 4.69) is 19.9 Å². The van der Waals surface area contributed by atoms with E-state index < -0.39 is 5.60 Å². The maximum Gasteiger partial charge on any atom is 0.131 e. The predicted molar refractivity (Wildman–Crippen MR) is 75.5 cm³/mol. The maximum absolute atomic E-state index is 10.6. The number of hydrogen-bond acceptors (Lipinski definition) is 3. The van der Waals surface area contributed by atoms with Gasteiger partial charge in [0.1, 0.15) is 17.6 Å². The van der Waals surface area contributed by atoms with Crippen molar-refractivity contribution in [3.05, 3.63) is 35.4 Å². The van der Waals surface area contributed by atoms with E-state index in [4.69, 9.17) is 4.74 Å². The summed E-state index contributed by atoms with van der Waals surface area (Å²) in [4.78, 5) is 0. The first-order valence-electron chi connectivity index (χ1n) is 6.73. The van der Waals surface area contributed by atoms with Gasteiger partial charge in [0, 0.05) is 12.0 Å². The van der Waals surface area contributed by atoms with Crippen LogP contribution in [0.1, 0.15) is 39.2 Å². The van der Waals surface area contributed by atoms with Crippen LogP contribution >= 0.6 is 0 Å². The predicted octanol–water partition coefficient (Wildman–Crippen LogP) is 3.19. The second-order valence-corrected chi connectivity index (χ2v) is 5.74. The molecule has 1 aromatic rings. The van der Waals surface area contributed by atoms with Crippen molar-refractivity contribution < 1.29 is 14.9 Å². The van der Waals surface area contributed by atoms with Crippen LogP contribution in [0.15, 0.2) is 29.8 Å². The summed E-state index contributed by atoms with van der Waals surface area (Å²) in [5, 5.41) is 20.3. The zero-order valence-corrected chi connectivity index (χ0v) is 11.8. The summed E-state index contributed by atoms with van der Waals surface area (Å²) in [6.07, 6.45) is 3.87. The molecule has 3 heteroatoms. The van der Waals surface area contributed by atoms with E-state index in [-0.39, 0.29) is 11.9 Å². The molecule has 2 unspecified atom stereocenters. The van der Waals surface area contributed by atoms with Crippen molar-refractivity contribution in [2.24, 2.45) is 0 Å². The number of ether oxygens (including phenoxy) is 1. The Morgan fingerprint density at radius 2 is 2.21 bits per heavy atom. The average molecular weight is 262 g/mol. The van der Waals surface area contributed by atoms with E-state index in [1.807, 2.05) is 6.07 Å². The Bertz CT molecular complexity index is 485. The van der Waals surface area contributed by atoms with E-state index in [1.165, 1.54) is 5.57 Å². The molecule has 0 radical (unpaired) electrons. The van der Waals surface area contributed by atoms with Gasteiger partial charge in [0.2, 0.25) is 0 Å². The highest BCUT2D eigenvalue weighted by atomic mass is 16.5. The zero-order chi connectivity index (χ0) is 14.0. The van der Waals surface area contributed by atoms with Crippen molar-refractivity contribution in [2.75, 3.05) is 0 Å². The lowest BCUT2D eigenvalue weighted by molar-refractivity contribution is -0.0433. The van der Waals surface area contributed by atoms with Crippen LogP contribution in [0.3, 0.4) is 0 Å². The fourth-order valence-electron chi connectivity index (χ4n) is 2.41. The Morgan fingerprint density at radius 1 is 1.47 bits per heavy atom. The first-order chi connectivity index (χ1) is 8.90. The van der Waals surface area contributed by atoms with Gasteiger partial charge >= 0.3 is 0 Å². The average Bonchev–Trinajstić information content (AvgIpc) is 2.74. The van der Waals surface area contributed by atoms with Gasteiger partial charge in [-0.15, -0.1) is 0 Å². The maximum atomic E-state index is 10.6. The Kier molecular flexibility index (Phi) is 3.85. The molecular formula is C16H22O3. The SMILES string of the molecule is CC(C)=CCCC(C)(O)C1Cc2c(O)cccc2O1. The molecule has 104 valence electrons. The van der Waals surface area contributed by atoms with Crippen LogP contribution in [0.5, 0.6) is 11.5 Å². The number of hydrogen-bond donors (Lipinski definition) is 2. The monoisotopic (exact) mass is 262 g/mol. The standard InChI is InChI=1S/C16H22O3/c1-11(2)6-5-9-16(3,18)15-10-12-13(17)7-4-8-14(12)19-15/h4,6-8,15,17-18H,5,9-10H2,1-3H3. The van der Waals surface area contributed by atoms with Gasteiger partial charge in [-0.3, -0.25) is 0 Å². The smallest absolute Gasteiger partial charge is 0.131 e. The van der Waals surface area contributed by atoms with Gasteiger partial charge in [0.25, 0.3) is 0 Å². The molecule has 0 aromatic heterocycles. The molecule has 2 atom stereocenters. The van der Waals surface area contributed by atoms with Gasteiger partial charge in [-0.05, 0) is 45.7 Å². The molecule has 1 heterocycles. The van der Waals surface area contributed by atoms with E-state index in [9.17, 15) is 10.2 Å². The number of phenolic OH excluding ortho intramolecular Hbond substituents is 1. The fourth-order valence-corrected chi connectivity index (χ4v) is 2.41. The third-order valence-corrected chi connectivity index (χ3v) is 3.66. The number of aromatic hydroxyl groups is 1. The molecular weight excluding hydrogens is 240 g/mol. The third-order valence-electron chi connectivity index (χ3n) is 3.66. The minimum Gasteiger partial charge on any atom is -0.508 e. The molecule has 0 saturated carbocycles. The number of allylic oxidation sites excluding steroid dienone is 2. The first kappa shape index (κ1) is 13.9. The molecule has 0 aliphatic carbocycles. The Labute approximate surface area is 114 Å². The molecule has 3 nitrogen and oxygen atoms in total. The van der Waals surface area contributed by atoms with Crippen LogP contribution < -0.4 is 4.74 Å². The quantitative estimate of drug-likeness (QED) is 0.819. The summed E-state index contributed by atoms with van der Waals surface area (Å²) in [5.74, 6) is 0.938. The summed E-state index contributed by atoms with van der Waals surface area (Å²) in [7, 11) is 0. The van der Waals surface area contributed by atoms with Crippen LogP contribution in [0, 0.1) is 0 Å². The Balaban J connectivity index is 2.05. The summed E-state index contributed by atoms with van der Waals surface area (Å²) >= 11 is 0. The van der Waals surface area contributed by atoms with Crippen LogP contribution in [0.2, 0.25) is 0 Å². The minimum absolute atomic E-state index is 0.250. The lowest BCUT2D eigenvalue weighted by atomic mass is 9.90. The van der Waals surface area contributed by atoms with Crippen molar-refractivity contribution in [2.45, 2.75) is 51.7 Å². The molecule has 0 bridgehead atoms. The highest BCUT2D eigenvalue weighted by Gasteiger charge is 2.38. The van der Waals surface area contributed by atoms with E-state index in [0.717, 1.165) is 12.0 Å². The van der Waals surface area contributed by atoms with Crippen LogP contribution in [0.25, 0.3) is 0 Å². The van der Waals surface area contributed by atoms with Crippen molar-refractivity contribution in [1.29, 1.82) is 0 Å².